The Morgan fingerprint density at radius 1 is 0.674 bits per heavy atom. The normalized spacial score (nSPS) is 29.7. The third-order valence-electron chi connectivity index (χ3n) is 11.8. The summed E-state index contributed by atoms with van der Waals surface area (Å²) in [6.07, 6.45) is 18.1. The van der Waals surface area contributed by atoms with Gasteiger partial charge in [0.25, 0.3) is 0 Å². The number of nitrogens with one attached hydrogen (secondary N) is 1. The molecule has 3 aromatic rings. The van der Waals surface area contributed by atoms with Gasteiger partial charge in [0.15, 0.2) is 0 Å². The van der Waals surface area contributed by atoms with E-state index in [0.717, 1.165) is 31.2 Å². The molecule has 0 heterocycles. The third kappa shape index (κ3) is 5.15. The van der Waals surface area contributed by atoms with Crippen LogP contribution >= 0.6 is 0 Å². The van der Waals surface area contributed by atoms with Crippen molar-refractivity contribution in [3.8, 4) is 0 Å². The van der Waals surface area contributed by atoms with Crippen LogP contribution < -0.4 is 5.32 Å². The topological polar surface area (TPSA) is 15.3 Å². The maximum atomic E-state index is 3.88. The zero-order valence-electron chi connectivity index (χ0n) is 26.2. The third-order valence-corrected chi connectivity index (χ3v) is 11.8. The molecule has 11 rings (SSSR count). The van der Waals surface area contributed by atoms with Gasteiger partial charge in [-0.2, -0.15) is 0 Å². The van der Waals surface area contributed by atoms with Gasteiger partial charge in [-0.15, -0.1) is 0 Å². The predicted molar refractivity (Wildman–Crippen MR) is 180 cm³/mol. The Kier molecular flexibility index (Phi) is 6.99. The first-order chi connectivity index (χ1) is 21.0. The van der Waals surface area contributed by atoms with Crippen LogP contribution in [0.15, 0.2) is 91.0 Å². The van der Waals surface area contributed by atoms with Gasteiger partial charge in [-0.1, -0.05) is 91.0 Å². The highest BCUT2D eigenvalue weighted by atomic mass is 15.3. The van der Waals surface area contributed by atoms with E-state index in [2.05, 4.69) is 115 Å². The molecule has 0 amide bonds. The van der Waals surface area contributed by atoms with Crippen LogP contribution in [0.4, 0.5) is 0 Å². The lowest BCUT2D eigenvalue weighted by molar-refractivity contribution is -0.162. The number of fused-ring (bicyclic) bond motifs is 2. The highest BCUT2D eigenvalue weighted by molar-refractivity contribution is 5.74. The van der Waals surface area contributed by atoms with Gasteiger partial charge in [0.05, 0.1) is 0 Å². The van der Waals surface area contributed by atoms with Crippen LogP contribution in [0.2, 0.25) is 0 Å². The minimum Gasteiger partial charge on any atom is -0.308 e. The average molecular weight is 569 g/mol. The molecule has 0 saturated heterocycles. The summed E-state index contributed by atoms with van der Waals surface area (Å²) in [7, 11) is 0. The van der Waals surface area contributed by atoms with Crippen LogP contribution in [0.3, 0.4) is 0 Å². The van der Waals surface area contributed by atoms with Crippen molar-refractivity contribution >= 4 is 11.1 Å². The van der Waals surface area contributed by atoms with Crippen LogP contribution in [0.5, 0.6) is 0 Å². The molecule has 6 saturated carbocycles. The maximum absolute atomic E-state index is 3.88. The lowest BCUT2D eigenvalue weighted by Gasteiger charge is -2.68. The highest BCUT2D eigenvalue weighted by Crippen LogP contribution is 2.61. The van der Waals surface area contributed by atoms with Crippen molar-refractivity contribution in [3.05, 3.63) is 119 Å². The first kappa shape index (κ1) is 27.6. The number of benzene rings is 3. The highest BCUT2D eigenvalue weighted by Gasteiger charge is 2.60. The van der Waals surface area contributed by atoms with Crippen molar-refractivity contribution in [1.82, 2.24) is 10.2 Å². The van der Waals surface area contributed by atoms with Crippen molar-refractivity contribution in [2.75, 3.05) is 0 Å². The number of rotatable bonds is 10. The summed E-state index contributed by atoms with van der Waals surface area (Å²) in [6, 6.07) is 30.1. The first-order valence-corrected chi connectivity index (χ1v) is 17.1. The Morgan fingerprint density at radius 2 is 1.21 bits per heavy atom. The van der Waals surface area contributed by atoms with E-state index in [1.54, 1.807) is 11.1 Å². The Hall–Kier alpha value is -2.94. The molecule has 0 spiro atoms. The molecule has 2 atom stereocenters. The first-order valence-electron chi connectivity index (χ1n) is 17.1. The Labute approximate surface area is 259 Å². The zero-order valence-corrected chi connectivity index (χ0v) is 26.2. The molecule has 1 N–H and O–H groups in total. The molecule has 0 radical (unpaired) electrons. The van der Waals surface area contributed by atoms with Crippen molar-refractivity contribution in [1.29, 1.82) is 0 Å². The van der Waals surface area contributed by atoms with Gasteiger partial charge < -0.3 is 5.32 Å². The number of hydrogen-bond donors (Lipinski definition) is 1. The van der Waals surface area contributed by atoms with Gasteiger partial charge in [0.2, 0.25) is 0 Å². The molecule has 43 heavy (non-hydrogen) atoms. The Morgan fingerprint density at radius 3 is 1.74 bits per heavy atom. The van der Waals surface area contributed by atoms with E-state index in [1.807, 2.05) is 0 Å². The molecule has 0 unspecified atom stereocenters. The minimum absolute atomic E-state index is 0.513. The molecule has 8 aliphatic carbocycles. The second-order valence-corrected chi connectivity index (χ2v) is 15.1. The van der Waals surface area contributed by atoms with E-state index in [9.17, 15) is 0 Å². The van der Waals surface area contributed by atoms with Crippen LogP contribution in [-0.2, 0) is 19.4 Å². The molecule has 0 aromatic heterocycles. The largest absolute Gasteiger partial charge is 0.308 e. The number of nitrogens with zero attached hydrogens (tertiary/aromatic N) is 1. The minimum atomic E-state index is 0.513. The summed E-state index contributed by atoms with van der Waals surface area (Å²) in [5, 5.41) is 3.88. The number of allylic oxidation sites excluding steroid dienone is 2. The van der Waals surface area contributed by atoms with E-state index in [4.69, 9.17) is 0 Å². The smallest absolute Gasteiger partial charge is 0.0242 e. The standard InChI is InChI=1S/C24H27N.C17H21N/c1-18(13-22-12-11-21-9-5-6-10-23(21)22)25(24-14-20(15-24)16-24)17-19-7-3-2-4-8-19;1-12(18-17-9-13(10-17)11-17)8-15-7-6-14-4-2-3-5-16(14)15/h2-10,12,18,20H,11,13-17H2,1H3;2-5,7,12-13,18H,6,8-11H2,1H3/t18-,20?,24?;12-,13?,17?/m11/s1. The molecule has 2 nitrogen and oxygen atoms in total. The summed E-state index contributed by atoms with van der Waals surface area (Å²) >= 11 is 0. The van der Waals surface area contributed by atoms with Crippen LogP contribution in [0, 0.1) is 11.8 Å². The summed E-state index contributed by atoms with van der Waals surface area (Å²) in [6.45, 7) is 5.90. The fourth-order valence-corrected chi connectivity index (χ4v) is 9.44. The maximum Gasteiger partial charge on any atom is 0.0242 e. The predicted octanol–water partition coefficient (Wildman–Crippen LogP) is 9.01. The van der Waals surface area contributed by atoms with Gasteiger partial charge >= 0.3 is 0 Å². The van der Waals surface area contributed by atoms with Gasteiger partial charge in [0.1, 0.15) is 0 Å². The fourth-order valence-electron chi connectivity index (χ4n) is 9.44. The average Bonchev–Trinajstić information content (AvgIpc) is 3.53. The van der Waals surface area contributed by atoms with E-state index in [-0.39, 0.29) is 0 Å². The summed E-state index contributed by atoms with van der Waals surface area (Å²) in [5.74, 6) is 2.09. The van der Waals surface area contributed by atoms with Crippen LogP contribution in [0.25, 0.3) is 11.1 Å². The molecule has 3 aromatic carbocycles. The summed E-state index contributed by atoms with van der Waals surface area (Å²) in [4.78, 5) is 2.84. The molecule has 4 bridgehead atoms. The summed E-state index contributed by atoms with van der Waals surface area (Å²) in [5.41, 5.74) is 11.6. The second-order valence-electron chi connectivity index (χ2n) is 15.1. The Balaban J connectivity index is 0.000000136. The second kappa shape index (κ2) is 10.9. The summed E-state index contributed by atoms with van der Waals surface area (Å²) < 4.78 is 0. The van der Waals surface area contributed by atoms with Crippen molar-refractivity contribution in [2.45, 2.75) is 108 Å². The van der Waals surface area contributed by atoms with Gasteiger partial charge in [0, 0.05) is 29.7 Å². The van der Waals surface area contributed by atoms with E-state index in [0.29, 0.717) is 23.2 Å². The van der Waals surface area contributed by atoms with Crippen molar-refractivity contribution in [2.24, 2.45) is 11.8 Å². The van der Waals surface area contributed by atoms with E-state index < -0.39 is 0 Å². The van der Waals surface area contributed by atoms with Gasteiger partial charge in [-0.05, 0) is 129 Å². The van der Waals surface area contributed by atoms with Gasteiger partial charge in [-0.3, -0.25) is 4.90 Å². The van der Waals surface area contributed by atoms with Crippen molar-refractivity contribution in [3.63, 3.8) is 0 Å². The molecular formula is C41H48N2. The van der Waals surface area contributed by atoms with E-state index in [1.165, 1.54) is 79.2 Å². The monoisotopic (exact) mass is 568 g/mol. The van der Waals surface area contributed by atoms with Crippen LogP contribution in [0.1, 0.15) is 93.0 Å². The number of hydrogen-bond acceptors (Lipinski definition) is 2. The lowest BCUT2D eigenvalue weighted by Crippen LogP contribution is -2.69. The molecule has 2 heteroatoms. The van der Waals surface area contributed by atoms with Crippen LogP contribution in [-0.4, -0.2) is 28.1 Å². The fraction of sp³-hybridized carbons (Fsp3) is 0.463. The van der Waals surface area contributed by atoms with Crippen molar-refractivity contribution < 1.29 is 0 Å². The quantitative estimate of drug-likeness (QED) is 0.263. The lowest BCUT2D eigenvalue weighted by atomic mass is 9.48. The zero-order chi connectivity index (χ0) is 29.0. The Bertz CT molecular complexity index is 1510. The molecule has 8 aliphatic rings. The molecule has 6 fully saturated rings. The SMILES string of the molecule is C[C@H](CC1=CCc2ccccc21)N(Cc1ccccc1)C12CC(C1)C2.C[C@H](CC1=CCc2ccccc21)NC12CC(C1)C2. The molecule has 0 aliphatic heterocycles. The van der Waals surface area contributed by atoms with Gasteiger partial charge in [-0.25, -0.2) is 0 Å². The molecular weight excluding hydrogens is 520 g/mol. The van der Waals surface area contributed by atoms with E-state index >= 15 is 0 Å². The molecule has 222 valence electrons.